The Morgan fingerprint density at radius 2 is 1.81 bits per heavy atom. The van der Waals surface area contributed by atoms with Gasteiger partial charge in [0.05, 0.1) is 40.0 Å². The molecule has 4 N–H and O–H groups in total. The molecule has 0 bridgehead atoms. The quantitative estimate of drug-likeness (QED) is 0.169. The second kappa shape index (κ2) is 11.6. The number of carbonyl (C=O) groups excluding carboxylic acids is 1. The fourth-order valence-electron chi connectivity index (χ4n) is 4.88. The first-order chi connectivity index (χ1) is 20.8. The van der Waals surface area contributed by atoms with Crippen LogP contribution in [0.25, 0.3) is 55.8 Å². The average Bonchev–Trinajstić information content (AvgIpc) is 3.62. The van der Waals surface area contributed by atoms with Crippen molar-refractivity contribution in [2.24, 2.45) is 0 Å². The Morgan fingerprint density at radius 3 is 2.63 bits per heavy atom. The van der Waals surface area contributed by atoms with Crippen molar-refractivity contribution in [2.45, 2.75) is 13.3 Å². The summed E-state index contributed by atoms with van der Waals surface area (Å²) < 4.78 is 30.8. The summed E-state index contributed by atoms with van der Waals surface area (Å²) in [6, 6.07) is 12.0. The fraction of sp³-hybridized carbons (Fsp3) is 0.194. The second-order valence-corrected chi connectivity index (χ2v) is 10.4. The number of nitrogens with zero attached hydrogens (tertiary/aromatic N) is 5. The van der Waals surface area contributed by atoms with Gasteiger partial charge in [0.1, 0.15) is 17.2 Å². The van der Waals surface area contributed by atoms with Crippen LogP contribution in [0.5, 0.6) is 0 Å². The number of hydrogen-bond donors (Lipinski definition) is 4. The van der Waals surface area contributed by atoms with Crippen LogP contribution in [-0.4, -0.2) is 68.1 Å². The maximum Gasteiger partial charge on any atom is 0.224 e. The van der Waals surface area contributed by atoms with Gasteiger partial charge >= 0.3 is 0 Å². The molecular weight excluding hydrogens is 552 g/mol. The van der Waals surface area contributed by atoms with E-state index < -0.39 is 5.82 Å². The molecule has 0 radical (unpaired) electrons. The number of para-hydroxylation sites is 1. The standard InChI is InChI=1S/C31H29F2N9O/c1-4-25(43)37-21-12-18(14-34-15-21)28-27(33)26-24(16-36-28)40-41-30(26)31-38-23-7-5-6-22(29(23)39-31)17-10-19(32)13-20(11-17)35-8-9-42(2)3/h5-7,10-16,35H,4,8-9H2,1-3H3,(H,37,43)(H,38,39)(H,40,41). The monoisotopic (exact) mass is 581 g/mol. The Kier molecular flexibility index (Phi) is 7.51. The molecule has 0 saturated heterocycles. The van der Waals surface area contributed by atoms with E-state index in [1.54, 1.807) is 13.0 Å². The summed E-state index contributed by atoms with van der Waals surface area (Å²) in [4.78, 5) is 30.4. The molecule has 2 aromatic carbocycles. The van der Waals surface area contributed by atoms with Gasteiger partial charge in [0.15, 0.2) is 11.6 Å². The summed E-state index contributed by atoms with van der Waals surface area (Å²) in [7, 11) is 3.95. The normalized spacial score (nSPS) is 11.5. The molecule has 10 nitrogen and oxygen atoms in total. The van der Waals surface area contributed by atoms with Gasteiger partial charge in [-0.1, -0.05) is 19.1 Å². The summed E-state index contributed by atoms with van der Waals surface area (Å²) >= 11 is 0. The number of carbonyl (C=O) groups is 1. The number of likely N-dealkylation sites (N-methyl/N-ethyl adjacent to an activating group) is 1. The molecule has 0 aliphatic rings. The number of pyridine rings is 2. The van der Waals surface area contributed by atoms with Gasteiger partial charge in [0.25, 0.3) is 0 Å². The maximum atomic E-state index is 16.1. The topological polar surface area (TPSA) is 128 Å². The number of aromatic nitrogens is 6. The van der Waals surface area contributed by atoms with Crippen molar-refractivity contribution < 1.29 is 13.6 Å². The average molecular weight is 582 g/mol. The summed E-state index contributed by atoms with van der Waals surface area (Å²) in [5.74, 6) is -0.820. The molecule has 12 heteroatoms. The Bertz CT molecular complexity index is 1960. The Hall–Kier alpha value is -5.23. The van der Waals surface area contributed by atoms with Gasteiger partial charge in [-0.05, 0) is 50.0 Å². The first-order valence-electron chi connectivity index (χ1n) is 13.8. The zero-order valence-electron chi connectivity index (χ0n) is 23.8. The third-order valence-electron chi connectivity index (χ3n) is 6.99. The molecule has 0 atom stereocenters. The van der Waals surface area contributed by atoms with Crippen LogP contribution in [0.2, 0.25) is 0 Å². The predicted molar refractivity (Wildman–Crippen MR) is 164 cm³/mol. The SMILES string of the molecule is CCC(=O)Nc1cncc(-c2ncc3[nH]nc(-c4nc5c(-c6cc(F)cc(NCCN(C)C)c6)cccc5[nH]4)c3c2F)c1. The largest absolute Gasteiger partial charge is 0.384 e. The highest BCUT2D eigenvalue weighted by atomic mass is 19.1. The molecule has 218 valence electrons. The predicted octanol–water partition coefficient (Wildman–Crippen LogP) is 5.83. The van der Waals surface area contributed by atoms with E-state index in [9.17, 15) is 9.18 Å². The maximum absolute atomic E-state index is 16.1. The van der Waals surface area contributed by atoms with Gasteiger partial charge in [-0.15, -0.1) is 0 Å². The molecule has 0 aliphatic carbocycles. The molecule has 0 spiro atoms. The Morgan fingerprint density at radius 1 is 0.977 bits per heavy atom. The van der Waals surface area contributed by atoms with Crippen molar-refractivity contribution in [1.29, 1.82) is 0 Å². The highest BCUT2D eigenvalue weighted by Crippen LogP contribution is 2.35. The Balaban J connectivity index is 1.40. The van der Waals surface area contributed by atoms with Crippen molar-refractivity contribution in [3.63, 3.8) is 0 Å². The zero-order valence-corrected chi connectivity index (χ0v) is 23.8. The molecule has 0 fully saturated rings. The van der Waals surface area contributed by atoms with E-state index in [-0.39, 0.29) is 28.5 Å². The van der Waals surface area contributed by atoms with Crippen molar-refractivity contribution in [2.75, 3.05) is 37.8 Å². The van der Waals surface area contributed by atoms with Crippen molar-refractivity contribution in [3.8, 4) is 33.9 Å². The van der Waals surface area contributed by atoms with Crippen molar-refractivity contribution in [1.82, 2.24) is 35.0 Å². The van der Waals surface area contributed by atoms with E-state index >= 15 is 4.39 Å². The number of amides is 1. The van der Waals surface area contributed by atoms with Crippen LogP contribution < -0.4 is 10.6 Å². The minimum atomic E-state index is -0.610. The van der Waals surface area contributed by atoms with Crippen molar-refractivity contribution in [3.05, 3.63) is 72.7 Å². The zero-order chi connectivity index (χ0) is 30.1. The molecule has 6 aromatic rings. The number of nitrogens with one attached hydrogen (secondary N) is 4. The molecule has 4 heterocycles. The smallest absolute Gasteiger partial charge is 0.224 e. The Labute approximate surface area is 245 Å². The van der Waals surface area contributed by atoms with Gasteiger partial charge in [0, 0.05) is 42.5 Å². The lowest BCUT2D eigenvalue weighted by Gasteiger charge is -2.13. The number of benzene rings is 2. The van der Waals surface area contributed by atoms with Crippen LogP contribution in [0, 0.1) is 11.6 Å². The van der Waals surface area contributed by atoms with E-state index in [1.807, 2.05) is 43.3 Å². The number of anilines is 2. The minimum Gasteiger partial charge on any atom is -0.384 e. The summed E-state index contributed by atoms with van der Waals surface area (Å²) in [5.41, 5.74) is 4.87. The van der Waals surface area contributed by atoms with Crippen molar-refractivity contribution >= 4 is 39.2 Å². The molecular formula is C31H29F2N9O. The molecule has 1 amide bonds. The fourth-order valence-corrected chi connectivity index (χ4v) is 4.88. The van der Waals surface area contributed by atoms with Gasteiger partial charge < -0.3 is 20.5 Å². The van der Waals surface area contributed by atoms with Crippen LogP contribution in [0.3, 0.4) is 0 Å². The first-order valence-corrected chi connectivity index (χ1v) is 13.8. The molecule has 4 aromatic heterocycles. The van der Waals surface area contributed by atoms with Gasteiger partial charge in [0.2, 0.25) is 5.91 Å². The molecule has 43 heavy (non-hydrogen) atoms. The molecule has 0 saturated carbocycles. The number of halogens is 2. The van der Waals surface area contributed by atoms with E-state index in [0.717, 1.165) is 12.1 Å². The lowest BCUT2D eigenvalue weighted by Crippen LogP contribution is -2.20. The third kappa shape index (κ3) is 5.64. The third-order valence-corrected chi connectivity index (χ3v) is 6.99. The molecule has 0 unspecified atom stereocenters. The summed E-state index contributed by atoms with van der Waals surface area (Å²) in [6.45, 7) is 3.20. The van der Waals surface area contributed by atoms with Crippen LogP contribution in [0.1, 0.15) is 13.3 Å². The van der Waals surface area contributed by atoms with Crippen LogP contribution in [0.15, 0.2) is 61.1 Å². The van der Waals surface area contributed by atoms with E-state index in [0.29, 0.717) is 57.8 Å². The number of hydrogen-bond acceptors (Lipinski definition) is 7. The lowest BCUT2D eigenvalue weighted by atomic mass is 10.0. The minimum absolute atomic E-state index is 0.0566. The summed E-state index contributed by atoms with van der Waals surface area (Å²) in [5, 5.41) is 13.4. The van der Waals surface area contributed by atoms with Crippen LogP contribution in [0.4, 0.5) is 20.2 Å². The molecule has 0 aliphatic heterocycles. The van der Waals surface area contributed by atoms with Crippen LogP contribution in [-0.2, 0) is 4.79 Å². The van der Waals surface area contributed by atoms with Gasteiger partial charge in [-0.2, -0.15) is 5.10 Å². The van der Waals surface area contributed by atoms with E-state index in [4.69, 9.17) is 4.98 Å². The summed E-state index contributed by atoms with van der Waals surface area (Å²) in [6.07, 6.45) is 4.76. The second-order valence-electron chi connectivity index (χ2n) is 10.4. The van der Waals surface area contributed by atoms with Gasteiger partial charge in [-0.3, -0.25) is 19.9 Å². The number of imidazole rings is 1. The number of H-pyrrole nitrogens is 2. The highest BCUT2D eigenvalue weighted by Gasteiger charge is 2.21. The highest BCUT2D eigenvalue weighted by molar-refractivity contribution is 5.98. The first kappa shape index (κ1) is 27.9. The number of aromatic amines is 2. The number of rotatable bonds is 9. The number of fused-ring (bicyclic) bond motifs is 2. The van der Waals surface area contributed by atoms with Crippen LogP contribution >= 0.6 is 0 Å². The van der Waals surface area contributed by atoms with Gasteiger partial charge in [-0.25, -0.2) is 13.8 Å². The lowest BCUT2D eigenvalue weighted by molar-refractivity contribution is -0.115. The molecule has 6 rings (SSSR count). The van der Waals surface area contributed by atoms with E-state index in [2.05, 4.69) is 35.8 Å². The van der Waals surface area contributed by atoms with E-state index in [1.165, 1.54) is 30.7 Å².